The predicted octanol–water partition coefficient (Wildman–Crippen LogP) is 1.94. The second-order valence-corrected chi connectivity index (χ2v) is 4.64. The summed E-state index contributed by atoms with van der Waals surface area (Å²) in [5.74, 6) is 0.888. The zero-order valence-electron chi connectivity index (χ0n) is 8.59. The Kier molecular flexibility index (Phi) is 3.23. The lowest BCUT2D eigenvalue weighted by Crippen LogP contribution is -2.41. The van der Waals surface area contributed by atoms with Crippen molar-refractivity contribution >= 4 is 0 Å². The first-order valence-corrected chi connectivity index (χ1v) is 5.69. The summed E-state index contributed by atoms with van der Waals surface area (Å²) in [6.07, 6.45) is 7.24. The minimum Gasteiger partial charge on any atom is -0.377 e. The second-order valence-electron chi connectivity index (χ2n) is 4.64. The molecule has 0 amide bonds. The van der Waals surface area contributed by atoms with Crippen LogP contribution in [0.1, 0.15) is 39.0 Å². The van der Waals surface area contributed by atoms with Gasteiger partial charge >= 0.3 is 0 Å². The van der Waals surface area contributed by atoms with Crippen molar-refractivity contribution in [3.8, 4) is 0 Å². The molecule has 0 aromatic heterocycles. The highest BCUT2D eigenvalue weighted by Crippen LogP contribution is 2.27. The summed E-state index contributed by atoms with van der Waals surface area (Å²) in [4.78, 5) is 0. The molecule has 1 N–H and O–H groups in total. The van der Waals surface area contributed by atoms with Crippen molar-refractivity contribution in [2.24, 2.45) is 5.92 Å². The lowest BCUT2D eigenvalue weighted by Gasteiger charge is -2.31. The molecule has 2 fully saturated rings. The van der Waals surface area contributed by atoms with Gasteiger partial charge in [-0.2, -0.15) is 0 Å². The third-order valence-corrected chi connectivity index (χ3v) is 3.41. The number of nitrogens with one attached hydrogen (secondary N) is 1. The first kappa shape index (κ1) is 9.47. The summed E-state index contributed by atoms with van der Waals surface area (Å²) in [6.45, 7) is 4.33. The van der Waals surface area contributed by atoms with E-state index in [4.69, 9.17) is 4.74 Å². The van der Waals surface area contributed by atoms with Gasteiger partial charge < -0.3 is 10.1 Å². The van der Waals surface area contributed by atoms with Crippen LogP contribution in [0.25, 0.3) is 0 Å². The Hall–Kier alpha value is -0.0800. The van der Waals surface area contributed by atoms with Crippen LogP contribution in [0.4, 0.5) is 0 Å². The van der Waals surface area contributed by atoms with Gasteiger partial charge in [-0.05, 0) is 38.5 Å². The molecule has 2 nitrogen and oxygen atoms in total. The minimum absolute atomic E-state index is 0.497. The topological polar surface area (TPSA) is 21.3 Å². The Morgan fingerprint density at radius 2 is 2.08 bits per heavy atom. The first-order chi connectivity index (χ1) is 6.34. The van der Waals surface area contributed by atoms with Gasteiger partial charge in [-0.15, -0.1) is 0 Å². The van der Waals surface area contributed by atoms with Crippen LogP contribution in [0.15, 0.2) is 0 Å². The molecule has 13 heavy (non-hydrogen) atoms. The highest BCUT2D eigenvalue weighted by molar-refractivity contribution is 4.76. The van der Waals surface area contributed by atoms with Gasteiger partial charge in [0, 0.05) is 19.2 Å². The third kappa shape index (κ3) is 2.68. The van der Waals surface area contributed by atoms with Crippen LogP contribution >= 0.6 is 0 Å². The molecule has 0 bridgehead atoms. The predicted molar refractivity (Wildman–Crippen MR) is 53.8 cm³/mol. The van der Waals surface area contributed by atoms with E-state index in [2.05, 4.69) is 12.2 Å². The molecule has 0 spiro atoms. The Labute approximate surface area is 81.0 Å². The molecule has 2 heteroatoms. The normalized spacial score (nSPS) is 35.8. The van der Waals surface area contributed by atoms with Crippen molar-refractivity contribution in [2.75, 3.05) is 13.2 Å². The summed E-state index contributed by atoms with van der Waals surface area (Å²) in [5.41, 5.74) is 0. The lowest BCUT2D eigenvalue weighted by molar-refractivity contribution is -0.00487. The van der Waals surface area contributed by atoms with Gasteiger partial charge in [0.1, 0.15) is 0 Å². The van der Waals surface area contributed by atoms with Crippen molar-refractivity contribution < 1.29 is 4.74 Å². The quantitative estimate of drug-likeness (QED) is 0.722. The molecular weight excluding hydrogens is 162 g/mol. The van der Waals surface area contributed by atoms with E-state index in [-0.39, 0.29) is 0 Å². The van der Waals surface area contributed by atoms with Crippen molar-refractivity contribution in [2.45, 2.75) is 51.2 Å². The van der Waals surface area contributed by atoms with Crippen molar-refractivity contribution in [1.29, 1.82) is 0 Å². The summed E-state index contributed by atoms with van der Waals surface area (Å²) < 4.78 is 5.87. The first-order valence-electron chi connectivity index (χ1n) is 5.69. The monoisotopic (exact) mass is 183 g/mol. The lowest BCUT2D eigenvalue weighted by atomic mass is 9.86. The summed E-state index contributed by atoms with van der Waals surface area (Å²) >= 11 is 0. The Morgan fingerprint density at radius 3 is 2.62 bits per heavy atom. The van der Waals surface area contributed by atoms with E-state index in [0.717, 1.165) is 19.1 Å². The van der Waals surface area contributed by atoms with Crippen LogP contribution in [0.2, 0.25) is 0 Å². The number of piperidine rings is 1. The zero-order chi connectivity index (χ0) is 9.10. The molecule has 0 aromatic rings. The molecule has 1 aliphatic carbocycles. The van der Waals surface area contributed by atoms with Gasteiger partial charge in [0.2, 0.25) is 0 Å². The fourth-order valence-electron chi connectivity index (χ4n) is 2.05. The van der Waals surface area contributed by atoms with E-state index in [1.807, 2.05) is 0 Å². The largest absolute Gasteiger partial charge is 0.377 e. The van der Waals surface area contributed by atoms with Gasteiger partial charge in [0.05, 0.1) is 6.10 Å². The maximum absolute atomic E-state index is 5.87. The SMILES string of the molecule is CC1CCC(OCC2CCC2)CN1. The van der Waals surface area contributed by atoms with Crippen molar-refractivity contribution in [3.63, 3.8) is 0 Å². The van der Waals surface area contributed by atoms with Gasteiger partial charge in [-0.1, -0.05) is 6.42 Å². The number of ether oxygens (including phenoxy) is 1. The number of hydrogen-bond acceptors (Lipinski definition) is 2. The van der Waals surface area contributed by atoms with Gasteiger partial charge in [-0.3, -0.25) is 0 Å². The molecule has 0 radical (unpaired) electrons. The Morgan fingerprint density at radius 1 is 1.23 bits per heavy atom. The average Bonchev–Trinajstić information content (AvgIpc) is 2.05. The molecule has 2 rings (SSSR count). The zero-order valence-corrected chi connectivity index (χ0v) is 8.59. The standard InChI is InChI=1S/C11H21NO/c1-9-5-6-11(7-12-9)13-8-10-3-2-4-10/h9-12H,2-8H2,1H3. The van der Waals surface area contributed by atoms with Gasteiger partial charge in [0.15, 0.2) is 0 Å². The van der Waals surface area contributed by atoms with E-state index < -0.39 is 0 Å². The fraction of sp³-hybridized carbons (Fsp3) is 1.00. The molecule has 2 unspecified atom stereocenters. The van der Waals surface area contributed by atoms with Gasteiger partial charge in [0.25, 0.3) is 0 Å². The third-order valence-electron chi connectivity index (χ3n) is 3.41. The molecule has 76 valence electrons. The highest BCUT2D eigenvalue weighted by atomic mass is 16.5. The van der Waals surface area contributed by atoms with Gasteiger partial charge in [-0.25, -0.2) is 0 Å². The van der Waals surface area contributed by atoms with Crippen molar-refractivity contribution in [3.05, 3.63) is 0 Å². The summed E-state index contributed by atoms with van der Waals surface area (Å²) in [7, 11) is 0. The second kappa shape index (κ2) is 4.43. The average molecular weight is 183 g/mol. The smallest absolute Gasteiger partial charge is 0.0700 e. The van der Waals surface area contributed by atoms with Crippen molar-refractivity contribution in [1.82, 2.24) is 5.32 Å². The van der Waals surface area contributed by atoms with E-state index in [9.17, 15) is 0 Å². The van der Waals surface area contributed by atoms with E-state index in [1.165, 1.54) is 32.1 Å². The molecule has 1 saturated carbocycles. The molecule has 1 saturated heterocycles. The summed E-state index contributed by atoms with van der Waals surface area (Å²) in [6, 6.07) is 0.698. The molecular formula is C11H21NO. The number of hydrogen-bond donors (Lipinski definition) is 1. The molecule has 1 heterocycles. The number of rotatable bonds is 3. The maximum Gasteiger partial charge on any atom is 0.0700 e. The highest BCUT2D eigenvalue weighted by Gasteiger charge is 2.22. The van der Waals surface area contributed by atoms with E-state index in [0.29, 0.717) is 12.1 Å². The molecule has 2 aliphatic rings. The van der Waals surface area contributed by atoms with Crippen LogP contribution in [-0.4, -0.2) is 25.3 Å². The fourth-order valence-corrected chi connectivity index (χ4v) is 2.05. The van der Waals surface area contributed by atoms with Crippen LogP contribution in [0.5, 0.6) is 0 Å². The molecule has 0 aromatic carbocycles. The van der Waals surface area contributed by atoms with Crippen LogP contribution in [0.3, 0.4) is 0 Å². The molecule has 1 aliphatic heterocycles. The van der Waals surface area contributed by atoms with Crippen LogP contribution in [0, 0.1) is 5.92 Å². The van der Waals surface area contributed by atoms with Crippen LogP contribution < -0.4 is 5.32 Å². The van der Waals surface area contributed by atoms with E-state index >= 15 is 0 Å². The minimum atomic E-state index is 0.497. The molecule has 2 atom stereocenters. The van der Waals surface area contributed by atoms with Crippen LogP contribution in [-0.2, 0) is 4.74 Å². The Balaban J connectivity index is 1.59. The van der Waals surface area contributed by atoms with E-state index in [1.54, 1.807) is 0 Å². The Bertz CT molecular complexity index is 148. The maximum atomic E-state index is 5.87. The summed E-state index contributed by atoms with van der Waals surface area (Å²) in [5, 5.41) is 3.47.